The van der Waals surface area contributed by atoms with E-state index in [9.17, 15) is 9.59 Å². The Labute approximate surface area is 227 Å². The summed E-state index contributed by atoms with van der Waals surface area (Å²) >= 11 is 1.62. The minimum atomic E-state index is -0.313. The molecule has 38 heavy (non-hydrogen) atoms. The summed E-state index contributed by atoms with van der Waals surface area (Å²) in [6.45, 7) is 0. The second kappa shape index (κ2) is 11.2. The smallest absolute Gasteiger partial charge is 0.409 e. The summed E-state index contributed by atoms with van der Waals surface area (Å²) < 4.78 is 4.83. The molecule has 0 atom stereocenters. The number of nitrogens with one attached hydrogen (secondary N) is 1. The minimum Gasteiger partial charge on any atom is -0.453 e. The molecule has 2 amide bonds. The van der Waals surface area contributed by atoms with Crippen LogP contribution in [0.15, 0.2) is 47.2 Å². The molecule has 0 saturated heterocycles. The molecule has 1 aromatic carbocycles. The van der Waals surface area contributed by atoms with Crippen LogP contribution in [0.2, 0.25) is 0 Å². The van der Waals surface area contributed by atoms with E-state index < -0.39 is 0 Å². The van der Waals surface area contributed by atoms with Crippen molar-refractivity contribution in [2.75, 3.05) is 19.5 Å². The summed E-state index contributed by atoms with van der Waals surface area (Å²) in [5, 5.41) is 16.0. The van der Waals surface area contributed by atoms with E-state index in [1.165, 1.54) is 13.5 Å². The van der Waals surface area contributed by atoms with Gasteiger partial charge in [-0.2, -0.15) is 11.3 Å². The van der Waals surface area contributed by atoms with Crippen LogP contribution in [0.5, 0.6) is 0 Å². The number of hydrogen-bond donors (Lipinski definition) is 2. The number of aromatic nitrogens is 2. The molecule has 2 aliphatic carbocycles. The molecule has 0 aliphatic heterocycles. The number of carbonyl (C=O) groups excluding carboxylic acids is 2. The van der Waals surface area contributed by atoms with Crippen molar-refractivity contribution >= 4 is 29.2 Å². The van der Waals surface area contributed by atoms with Crippen molar-refractivity contribution in [3.05, 3.63) is 52.7 Å². The fourth-order valence-corrected chi connectivity index (χ4v) is 6.25. The van der Waals surface area contributed by atoms with Crippen molar-refractivity contribution in [2.45, 2.75) is 62.9 Å². The van der Waals surface area contributed by atoms with Gasteiger partial charge in [-0.3, -0.25) is 4.79 Å². The molecular formula is C29H35N5O3S. The highest BCUT2D eigenvalue weighted by molar-refractivity contribution is 7.08. The Morgan fingerprint density at radius 3 is 2.45 bits per heavy atom. The Balaban J connectivity index is 1.26. The van der Waals surface area contributed by atoms with Crippen LogP contribution in [-0.4, -0.2) is 47.3 Å². The molecular weight excluding hydrogens is 498 g/mol. The number of hydrogen-bond acceptors (Lipinski definition) is 7. The van der Waals surface area contributed by atoms with Gasteiger partial charge in [-0.15, -0.1) is 10.2 Å². The number of nitrogens with zero attached hydrogens (tertiary/aromatic N) is 3. The summed E-state index contributed by atoms with van der Waals surface area (Å²) in [5.74, 6) is 0.665. The number of rotatable bonds is 7. The SMILES string of the molecule is COC(=O)N(C)C1CCC(CC(=O)Nc2cc(-c3ccsc3)c(-c3ccc(C4(N)CCC4)cc3)nn2)CC1. The highest BCUT2D eigenvalue weighted by Gasteiger charge is 2.34. The molecule has 2 heterocycles. The predicted octanol–water partition coefficient (Wildman–Crippen LogP) is 5.80. The average molecular weight is 534 g/mol. The fourth-order valence-electron chi connectivity index (χ4n) is 5.60. The van der Waals surface area contributed by atoms with Gasteiger partial charge in [-0.25, -0.2) is 4.79 Å². The van der Waals surface area contributed by atoms with Crippen LogP contribution in [0.4, 0.5) is 10.6 Å². The molecule has 0 spiro atoms. The number of amides is 2. The van der Waals surface area contributed by atoms with E-state index in [2.05, 4.69) is 51.2 Å². The second-order valence-corrected chi connectivity index (χ2v) is 11.4. The molecule has 0 bridgehead atoms. The third-order valence-corrected chi connectivity index (χ3v) is 8.86. The van der Waals surface area contributed by atoms with Gasteiger partial charge in [-0.05, 0) is 84.9 Å². The third-order valence-electron chi connectivity index (χ3n) is 8.17. The monoisotopic (exact) mass is 533 g/mol. The molecule has 2 saturated carbocycles. The van der Waals surface area contributed by atoms with Crippen molar-refractivity contribution in [2.24, 2.45) is 11.7 Å². The van der Waals surface area contributed by atoms with Crippen LogP contribution in [0.3, 0.4) is 0 Å². The second-order valence-electron chi connectivity index (χ2n) is 10.6. The third kappa shape index (κ3) is 5.59. The molecule has 8 nitrogen and oxygen atoms in total. The van der Waals surface area contributed by atoms with Gasteiger partial charge >= 0.3 is 6.09 Å². The highest BCUT2D eigenvalue weighted by Crippen LogP contribution is 2.40. The maximum Gasteiger partial charge on any atom is 0.409 e. The molecule has 5 rings (SSSR count). The van der Waals surface area contributed by atoms with Crippen LogP contribution in [-0.2, 0) is 15.1 Å². The highest BCUT2D eigenvalue weighted by atomic mass is 32.1. The number of thiophene rings is 1. The average Bonchev–Trinajstić information content (AvgIpc) is 3.46. The van der Waals surface area contributed by atoms with E-state index in [1.54, 1.807) is 23.3 Å². The lowest BCUT2D eigenvalue weighted by Gasteiger charge is -2.38. The molecule has 2 aliphatic rings. The molecule has 3 aromatic rings. The van der Waals surface area contributed by atoms with Gasteiger partial charge in [0.15, 0.2) is 5.82 Å². The van der Waals surface area contributed by atoms with Crippen LogP contribution in [0, 0.1) is 5.92 Å². The van der Waals surface area contributed by atoms with E-state index in [1.807, 2.05) is 11.4 Å². The molecule has 0 radical (unpaired) electrons. The van der Waals surface area contributed by atoms with Crippen LogP contribution < -0.4 is 11.1 Å². The van der Waals surface area contributed by atoms with Crippen molar-refractivity contribution in [1.82, 2.24) is 15.1 Å². The number of methoxy groups -OCH3 is 1. The fraction of sp³-hybridized carbons (Fsp3) is 0.448. The largest absolute Gasteiger partial charge is 0.453 e. The number of benzene rings is 1. The zero-order valence-electron chi connectivity index (χ0n) is 22.0. The minimum absolute atomic E-state index is 0.0637. The maximum absolute atomic E-state index is 12.9. The Kier molecular flexibility index (Phi) is 7.76. The number of carbonyl (C=O) groups is 2. The van der Waals surface area contributed by atoms with E-state index in [0.717, 1.165) is 66.5 Å². The van der Waals surface area contributed by atoms with Crippen molar-refractivity contribution in [3.63, 3.8) is 0 Å². The topological polar surface area (TPSA) is 110 Å². The molecule has 2 fully saturated rings. The Hall–Kier alpha value is -3.30. The number of nitrogens with two attached hydrogens (primary N) is 1. The van der Waals surface area contributed by atoms with Gasteiger partial charge in [0.1, 0.15) is 5.69 Å². The molecule has 0 unspecified atom stereocenters. The van der Waals surface area contributed by atoms with Gasteiger partial charge in [0, 0.05) is 36.2 Å². The zero-order valence-corrected chi connectivity index (χ0v) is 22.8. The first-order valence-corrected chi connectivity index (χ1v) is 14.2. The number of anilines is 1. The Bertz CT molecular complexity index is 1270. The maximum atomic E-state index is 12.9. The quantitative estimate of drug-likeness (QED) is 0.397. The molecule has 2 aromatic heterocycles. The lowest BCUT2D eigenvalue weighted by molar-refractivity contribution is -0.117. The first kappa shape index (κ1) is 26.3. The Morgan fingerprint density at radius 1 is 1.11 bits per heavy atom. The normalized spacial score (nSPS) is 20.3. The van der Waals surface area contributed by atoms with E-state index in [4.69, 9.17) is 10.5 Å². The first-order valence-electron chi connectivity index (χ1n) is 13.3. The van der Waals surface area contributed by atoms with Crippen LogP contribution in [0.1, 0.15) is 56.9 Å². The number of ether oxygens (including phenoxy) is 1. The molecule has 9 heteroatoms. The van der Waals surface area contributed by atoms with Crippen molar-refractivity contribution in [1.29, 1.82) is 0 Å². The van der Waals surface area contributed by atoms with Gasteiger partial charge < -0.3 is 20.7 Å². The summed E-state index contributed by atoms with van der Waals surface area (Å²) in [6, 6.07) is 12.4. The van der Waals surface area contributed by atoms with Crippen LogP contribution in [0.25, 0.3) is 22.4 Å². The van der Waals surface area contributed by atoms with E-state index in [0.29, 0.717) is 12.2 Å². The van der Waals surface area contributed by atoms with Gasteiger partial charge in [0.05, 0.1) is 7.11 Å². The van der Waals surface area contributed by atoms with E-state index >= 15 is 0 Å². The molecule has 200 valence electrons. The Morgan fingerprint density at radius 2 is 1.84 bits per heavy atom. The van der Waals surface area contributed by atoms with Crippen molar-refractivity contribution < 1.29 is 14.3 Å². The van der Waals surface area contributed by atoms with E-state index in [-0.39, 0.29) is 29.5 Å². The van der Waals surface area contributed by atoms with Crippen LogP contribution >= 0.6 is 11.3 Å². The zero-order chi connectivity index (χ0) is 26.7. The van der Waals surface area contributed by atoms with Gasteiger partial charge in [-0.1, -0.05) is 24.3 Å². The van der Waals surface area contributed by atoms with Gasteiger partial charge in [0.2, 0.25) is 5.91 Å². The summed E-state index contributed by atoms with van der Waals surface area (Å²) in [4.78, 5) is 26.3. The molecule has 3 N–H and O–H groups in total. The lowest BCUT2D eigenvalue weighted by atomic mass is 9.72. The first-order chi connectivity index (χ1) is 18.4. The van der Waals surface area contributed by atoms with Crippen molar-refractivity contribution in [3.8, 4) is 22.4 Å². The summed E-state index contributed by atoms with van der Waals surface area (Å²) in [6.07, 6.45) is 6.84. The lowest BCUT2D eigenvalue weighted by Crippen LogP contribution is -2.43. The predicted molar refractivity (Wildman–Crippen MR) is 150 cm³/mol. The van der Waals surface area contributed by atoms with Gasteiger partial charge in [0.25, 0.3) is 0 Å². The summed E-state index contributed by atoms with van der Waals surface area (Å²) in [7, 11) is 3.17. The summed E-state index contributed by atoms with van der Waals surface area (Å²) in [5.41, 5.74) is 11.2. The standard InChI is InChI=1S/C29H35N5O3S/c1-34(28(36)37-2)23-10-4-19(5-11-23)16-26(35)31-25-17-24(21-12-15-38-18-21)27(33-32-25)20-6-8-22(9-7-20)29(30)13-3-14-29/h6-9,12,15,17-19,23H,3-5,10-11,13-14,16,30H2,1-2H3,(H,31,32,35).